The zero-order valence-corrected chi connectivity index (χ0v) is 12.2. The van der Waals surface area contributed by atoms with Crippen LogP contribution in [0, 0.1) is 0 Å². The standard InChI is InChI=1S/C16H21N3O/c1-4-13(12-8-5-6-10-15(12)20)18-14-9-7-11-17-16(14)19(2)3/h5-11,13,18,20H,4H2,1-3H3. The van der Waals surface area contributed by atoms with Gasteiger partial charge in [-0.2, -0.15) is 0 Å². The fourth-order valence-electron chi connectivity index (χ4n) is 2.24. The molecular formula is C16H21N3O. The van der Waals surface area contributed by atoms with Crippen molar-refractivity contribution in [2.75, 3.05) is 24.3 Å². The molecule has 0 amide bonds. The highest BCUT2D eigenvalue weighted by molar-refractivity contribution is 5.65. The molecule has 1 heterocycles. The van der Waals surface area contributed by atoms with E-state index >= 15 is 0 Å². The highest BCUT2D eigenvalue weighted by atomic mass is 16.3. The maximum absolute atomic E-state index is 10.0. The van der Waals surface area contributed by atoms with Gasteiger partial charge in [0.15, 0.2) is 5.82 Å². The van der Waals surface area contributed by atoms with Gasteiger partial charge < -0.3 is 15.3 Å². The molecule has 1 aromatic heterocycles. The molecule has 20 heavy (non-hydrogen) atoms. The van der Waals surface area contributed by atoms with E-state index in [1.165, 1.54) is 0 Å². The minimum Gasteiger partial charge on any atom is -0.508 e. The third-order valence-corrected chi connectivity index (χ3v) is 3.26. The van der Waals surface area contributed by atoms with Crippen molar-refractivity contribution in [2.45, 2.75) is 19.4 Å². The molecule has 0 saturated carbocycles. The molecule has 2 rings (SSSR count). The number of rotatable bonds is 5. The van der Waals surface area contributed by atoms with Crippen molar-refractivity contribution in [1.29, 1.82) is 0 Å². The normalized spacial score (nSPS) is 11.9. The molecule has 0 aliphatic carbocycles. The zero-order chi connectivity index (χ0) is 14.5. The Morgan fingerprint density at radius 3 is 2.60 bits per heavy atom. The van der Waals surface area contributed by atoms with E-state index in [1.807, 2.05) is 49.3 Å². The van der Waals surface area contributed by atoms with Crippen LogP contribution in [-0.2, 0) is 0 Å². The lowest BCUT2D eigenvalue weighted by molar-refractivity contribution is 0.463. The molecule has 0 radical (unpaired) electrons. The van der Waals surface area contributed by atoms with Crippen LogP contribution >= 0.6 is 0 Å². The van der Waals surface area contributed by atoms with E-state index in [0.717, 1.165) is 23.5 Å². The highest BCUT2D eigenvalue weighted by Gasteiger charge is 2.15. The van der Waals surface area contributed by atoms with E-state index in [4.69, 9.17) is 0 Å². The van der Waals surface area contributed by atoms with Crippen molar-refractivity contribution in [3.05, 3.63) is 48.2 Å². The first-order chi connectivity index (χ1) is 9.63. The number of nitrogens with zero attached hydrogens (tertiary/aromatic N) is 2. The molecule has 0 fully saturated rings. The van der Waals surface area contributed by atoms with Crippen LogP contribution in [0.1, 0.15) is 24.9 Å². The Hall–Kier alpha value is -2.23. The van der Waals surface area contributed by atoms with Crippen LogP contribution in [0.3, 0.4) is 0 Å². The van der Waals surface area contributed by atoms with E-state index in [1.54, 1.807) is 12.3 Å². The van der Waals surface area contributed by atoms with Gasteiger partial charge in [0.1, 0.15) is 5.75 Å². The number of para-hydroxylation sites is 1. The molecule has 2 aromatic rings. The molecule has 1 aromatic carbocycles. The Morgan fingerprint density at radius 2 is 1.95 bits per heavy atom. The summed E-state index contributed by atoms with van der Waals surface area (Å²) < 4.78 is 0. The number of aromatic hydroxyl groups is 1. The van der Waals surface area contributed by atoms with Crippen molar-refractivity contribution < 1.29 is 5.11 Å². The molecule has 2 N–H and O–H groups in total. The van der Waals surface area contributed by atoms with Crippen LogP contribution in [0.2, 0.25) is 0 Å². The smallest absolute Gasteiger partial charge is 0.151 e. The summed E-state index contributed by atoms with van der Waals surface area (Å²) in [7, 11) is 3.93. The van der Waals surface area contributed by atoms with Gasteiger partial charge >= 0.3 is 0 Å². The lowest BCUT2D eigenvalue weighted by Crippen LogP contribution is -2.16. The number of anilines is 2. The molecule has 4 nitrogen and oxygen atoms in total. The minimum atomic E-state index is 0.0547. The summed E-state index contributed by atoms with van der Waals surface area (Å²) in [5.41, 5.74) is 1.87. The molecule has 0 aliphatic rings. The summed E-state index contributed by atoms with van der Waals surface area (Å²) in [5, 5.41) is 13.5. The summed E-state index contributed by atoms with van der Waals surface area (Å²) in [5.74, 6) is 1.21. The summed E-state index contributed by atoms with van der Waals surface area (Å²) in [4.78, 5) is 6.35. The average Bonchev–Trinajstić information content (AvgIpc) is 2.46. The molecule has 0 aliphatic heterocycles. The van der Waals surface area contributed by atoms with Crippen LogP contribution in [0.4, 0.5) is 11.5 Å². The van der Waals surface area contributed by atoms with Crippen LogP contribution in [0.25, 0.3) is 0 Å². The van der Waals surface area contributed by atoms with Gasteiger partial charge in [0.25, 0.3) is 0 Å². The predicted molar refractivity (Wildman–Crippen MR) is 83.3 cm³/mol. The van der Waals surface area contributed by atoms with Crippen molar-refractivity contribution in [3.8, 4) is 5.75 Å². The second-order valence-electron chi connectivity index (χ2n) is 4.93. The van der Waals surface area contributed by atoms with Crippen LogP contribution in [-0.4, -0.2) is 24.2 Å². The maximum atomic E-state index is 10.0. The number of aromatic nitrogens is 1. The Labute approximate surface area is 120 Å². The number of phenolic OH excluding ortho intramolecular Hbond substituents is 1. The molecular weight excluding hydrogens is 250 g/mol. The van der Waals surface area contributed by atoms with Gasteiger partial charge in [-0.3, -0.25) is 0 Å². The predicted octanol–water partition coefficient (Wildman–Crippen LogP) is 3.42. The number of nitrogens with one attached hydrogen (secondary N) is 1. The Kier molecular flexibility index (Phi) is 4.45. The number of hydrogen-bond donors (Lipinski definition) is 2. The van der Waals surface area contributed by atoms with E-state index in [2.05, 4.69) is 17.2 Å². The summed E-state index contributed by atoms with van der Waals surface area (Å²) in [6, 6.07) is 11.4. The van der Waals surface area contributed by atoms with Crippen LogP contribution in [0.15, 0.2) is 42.6 Å². The van der Waals surface area contributed by atoms with Crippen LogP contribution < -0.4 is 10.2 Å². The molecule has 0 saturated heterocycles. The van der Waals surface area contributed by atoms with Crippen molar-refractivity contribution in [3.63, 3.8) is 0 Å². The number of hydrogen-bond acceptors (Lipinski definition) is 4. The number of phenols is 1. The lowest BCUT2D eigenvalue weighted by atomic mass is 10.0. The quantitative estimate of drug-likeness (QED) is 0.875. The molecule has 0 spiro atoms. The molecule has 4 heteroatoms. The van der Waals surface area contributed by atoms with E-state index in [0.29, 0.717) is 5.75 Å². The van der Waals surface area contributed by atoms with Gasteiger partial charge in [-0.1, -0.05) is 25.1 Å². The van der Waals surface area contributed by atoms with Crippen LogP contribution in [0.5, 0.6) is 5.75 Å². The lowest BCUT2D eigenvalue weighted by Gasteiger charge is -2.23. The number of pyridine rings is 1. The topological polar surface area (TPSA) is 48.4 Å². The first-order valence-corrected chi connectivity index (χ1v) is 6.80. The van der Waals surface area contributed by atoms with E-state index < -0.39 is 0 Å². The maximum Gasteiger partial charge on any atom is 0.151 e. The summed E-state index contributed by atoms with van der Waals surface area (Å²) in [6.07, 6.45) is 2.65. The third kappa shape index (κ3) is 3.02. The van der Waals surface area contributed by atoms with Gasteiger partial charge in [0, 0.05) is 25.9 Å². The fourth-order valence-corrected chi connectivity index (χ4v) is 2.24. The van der Waals surface area contributed by atoms with Gasteiger partial charge in [-0.15, -0.1) is 0 Å². The van der Waals surface area contributed by atoms with Crippen molar-refractivity contribution in [2.24, 2.45) is 0 Å². The van der Waals surface area contributed by atoms with Gasteiger partial charge in [0.2, 0.25) is 0 Å². The highest BCUT2D eigenvalue weighted by Crippen LogP contribution is 2.31. The first-order valence-electron chi connectivity index (χ1n) is 6.80. The monoisotopic (exact) mass is 271 g/mol. The number of benzene rings is 1. The fraction of sp³-hybridized carbons (Fsp3) is 0.312. The zero-order valence-electron chi connectivity index (χ0n) is 12.2. The Bertz CT molecular complexity index is 569. The SMILES string of the molecule is CCC(Nc1cccnc1N(C)C)c1ccccc1O. The largest absolute Gasteiger partial charge is 0.508 e. The minimum absolute atomic E-state index is 0.0547. The van der Waals surface area contributed by atoms with Crippen molar-refractivity contribution in [1.82, 2.24) is 4.98 Å². The van der Waals surface area contributed by atoms with Crippen molar-refractivity contribution >= 4 is 11.5 Å². The molecule has 0 bridgehead atoms. The van der Waals surface area contributed by atoms with Gasteiger partial charge in [-0.25, -0.2) is 4.98 Å². The average molecular weight is 271 g/mol. The Balaban J connectivity index is 2.30. The summed E-state index contributed by atoms with van der Waals surface area (Å²) >= 11 is 0. The van der Waals surface area contributed by atoms with Gasteiger partial charge in [0.05, 0.1) is 11.7 Å². The first kappa shape index (κ1) is 14.2. The summed E-state index contributed by atoms with van der Waals surface area (Å²) in [6.45, 7) is 2.09. The third-order valence-electron chi connectivity index (χ3n) is 3.26. The molecule has 106 valence electrons. The van der Waals surface area contributed by atoms with Gasteiger partial charge in [-0.05, 0) is 24.6 Å². The second kappa shape index (κ2) is 6.28. The second-order valence-corrected chi connectivity index (χ2v) is 4.93. The van der Waals surface area contributed by atoms with E-state index in [9.17, 15) is 5.11 Å². The molecule has 1 atom stereocenters. The van der Waals surface area contributed by atoms with E-state index in [-0.39, 0.29) is 6.04 Å². The molecule has 1 unspecified atom stereocenters. The Morgan fingerprint density at radius 1 is 1.20 bits per heavy atom.